The van der Waals surface area contributed by atoms with Crippen molar-refractivity contribution in [1.29, 1.82) is 0 Å². The van der Waals surface area contributed by atoms with E-state index in [2.05, 4.69) is 63.0 Å². The Hall–Kier alpha value is -3.04. The third-order valence-electron chi connectivity index (χ3n) is 6.29. The Labute approximate surface area is 215 Å². The summed E-state index contributed by atoms with van der Waals surface area (Å²) in [5, 5.41) is 10.2. The highest BCUT2D eigenvalue weighted by Crippen LogP contribution is 2.37. The van der Waals surface area contributed by atoms with Crippen LogP contribution in [0.4, 0.5) is 8.78 Å². The zero-order chi connectivity index (χ0) is 27.3. The number of piperidine rings is 1. The molecule has 2 heterocycles. The van der Waals surface area contributed by atoms with Crippen LogP contribution < -0.4 is 5.32 Å². The molecule has 194 valence electrons. The number of benzene rings is 1. The molecule has 0 spiro atoms. The molecule has 0 unspecified atom stereocenters. The van der Waals surface area contributed by atoms with Crippen LogP contribution in [-0.2, 0) is 0 Å². The van der Waals surface area contributed by atoms with Gasteiger partial charge in [-0.2, -0.15) is 5.10 Å². The van der Waals surface area contributed by atoms with Crippen LogP contribution in [0.3, 0.4) is 0 Å². The third-order valence-corrected chi connectivity index (χ3v) is 6.29. The summed E-state index contributed by atoms with van der Waals surface area (Å²) in [5.41, 5.74) is 4.63. The predicted molar refractivity (Wildman–Crippen MR) is 148 cm³/mol. The van der Waals surface area contributed by atoms with E-state index >= 15 is 4.39 Å². The average molecular weight is 495 g/mol. The lowest BCUT2D eigenvalue weighted by molar-refractivity contribution is 0.128. The van der Waals surface area contributed by atoms with Gasteiger partial charge in [0.25, 0.3) is 0 Å². The lowest BCUT2D eigenvalue weighted by atomic mass is 9.73. The van der Waals surface area contributed by atoms with Crippen molar-refractivity contribution < 1.29 is 8.78 Å². The summed E-state index contributed by atoms with van der Waals surface area (Å²) in [6.07, 6.45) is 16.0. The lowest BCUT2D eigenvalue weighted by Crippen LogP contribution is -2.57. The number of allylic oxidation sites excluding steroid dienone is 3. The molecular weight excluding hydrogens is 454 g/mol. The highest BCUT2D eigenvalue weighted by atomic mass is 19.1. The van der Waals surface area contributed by atoms with E-state index in [1.54, 1.807) is 13.1 Å². The Balaban J connectivity index is 0.00000222. The molecule has 1 saturated heterocycles. The number of nitrogens with one attached hydrogen (secondary N) is 2. The van der Waals surface area contributed by atoms with Crippen LogP contribution in [0.2, 0.25) is 0 Å². The molecule has 2 aromatic rings. The third kappa shape index (κ3) is 7.73. The van der Waals surface area contributed by atoms with Crippen LogP contribution in [-0.4, -0.2) is 27.0 Å². The average Bonchev–Trinajstić information content (AvgIpc) is 3.28. The number of halogens is 2. The molecule has 0 bridgehead atoms. The first-order chi connectivity index (χ1) is 16.8. The molecule has 2 N–H and O–H groups in total. The van der Waals surface area contributed by atoms with E-state index in [4.69, 9.17) is 4.99 Å². The second-order valence-electron chi connectivity index (χ2n) is 11.2. The Morgan fingerprint density at radius 3 is 2.19 bits per heavy atom. The first-order valence-electron chi connectivity index (χ1n) is 12.3. The minimum absolute atomic E-state index is 0.0694. The maximum absolute atomic E-state index is 15.0. The molecule has 1 aromatic heterocycles. The van der Waals surface area contributed by atoms with E-state index in [0.717, 1.165) is 36.2 Å². The van der Waals surface area contributed by atoms with Crippen molar-refractivity contribution in [3.05, 3.63) is 59.1 Å². The molecule has 6 heteroatoms. The zero-order valence-corrected chi connectivity index (χ0v) is 22.9. The van der Waals surface area contributed by atoms with Gasteiger partial charge in [0.1, 0.15) is 11.6 Å². The molecule has 0 amide bonds. The first kappa shape index (κ1) is 29.2. The molecule has 4 nitrogen and oxygen atoms in total. The number of hydrogen-bond donors (Lipinski definition) is 2. The molecule has 0 saturated carbocycles. The van der Waals surface area contributed by atoms with Crippen LogP contribution >= 0.6 is 0 Å². The van der Waals surface area contributed by atoms with E-state index in [-0.39, 0.29) is 22.2 Å². The Bertz CT molecular complexity index is 1150. The zero-order valence-electron chi connectivity index (χ0n) is 22.9. The summed E-state index contributed by atoms with van der Waals surface area (Å²) < 4.78 is 29.9. The van der Waals surface area contributed by atoms with Gasteiger partial charge in [-0.15, -0.1) is 12.8 Å². The topological polar surface area (TPSA) is 53.1 Å². The normalized spacial score (nSPS) is 18.1. The number of hydrogen-bond acceptors (Lipinski definition) is 3. The van der Waals surface area contributed by atoms with Crippen LogP contribution in [0.15, 0.2) is 46.9 Å². The second kappa shape index (κ2) is 11.8. The van der Waals surface area contributed by atoms with E-state index in [0.29, 0.717) is 17.1 Å². The van der Waals surface area contributed by atoms with Crippen LogP contribution in [0.5, 0.6) is 0 Å². The van der Waals surface area contributed by atoms with Crippen LogP contribution in [0, 0.1) is 30.4 Å². The monoisotopic (exact) mass is 494 g/mol. The highest BCUT2D eigenvalue weighted by Gasteiger charge is 2.37. The molecule has 0 aliphatic carbocycles. The van der Waals surface area contributed by atoms with E-state index in [1.165, 1.54) is 18.3 Å². The van der Waals surface area contributed by atoms with Gasteiger partial charge in [0.2, 0.25) is 0 Å². The van der Waals surface area contributed by atoms with Crippen molar-refractivity contribution in [3.63, 3.8) is 0 Å². The quantitative estimate of drug-likeness (QED) is 0.245. The molecular formula is C30H40F2N4. The van der Waals surface area contributed by atoms with Gasteiger partial charge in [0, 0.05) is 39.7 Å². The number of H-pyrrole nitrogens is 1. The van der Waals surface area contributed by atoms with Crippen molar-refractivity contribution in [2.75, 3.05) is 0 Å². The van der Waals surface area contributed by atoms with Gasteiger partial charge in [0.05, 0.1) is 11.9 Å². The van der Waals surface area contributed by atoms with Crippen molar-refractivity contribution >= 4 is 11.3 Å². The standard InChI is InChI=1S/C28H38F2N4.C2H2/c1-17(2)33-26(19(4)9-20-13-27(5,6)34-28(7,8)14-20)10-18(3)22-11-25(30)23(12-24(22)29)21-15-31-32-16-21;1-2/h10-12,15-16,20,34H,9,13-14H2,1-8H3,(H,31,32);1-2H/b18-10+,26-19-;. The van der Waals surface area contributed by atoms with Gasteiger partial charge in [-0.1, -0.05) is 0 Å². The molecule has 3 rings (SSSR count). The molecule has 36 heavy (non-hydrogen) atoms. The minimum atomic E-state index is -0.484. The van der Waals surface area contributed by atoms with Gasteiger partial charge in [0.15, 0.2) is 0 Å². The summed E-state index contributed by atoms with van der Waals surface area (Å²) in [6.45, 7) is 16.8. The first-order valence-corrected chi connectivity index (χ1v) is 12.3. The number of rotatable bonds is 6. The van der Waals surface area contributed by atoms with Crippen molar-refractivity contribution in [2.45, 2.75) is 85.7 Å². The van der Waals surface area contributed by atoms with Crippen LogP contribution in [0.1, 0.15) is 80.2 Å². The minimum Gasteiger partial charge on any atom is -0.307 e. The van der Waals surface area contributed by atoms with Gasteiger partial charge in [-0.05, 0) is 110 Å². The van der Waals surface area contributed by atoms with Crippen molar-refractivity contribution in [1.82, 2.24) is 15.5 Å². The largest absolute Gasteiger partial charge is 0.307 e. The summed E-state index contributed by atoms with van der Waals surface area (Å²) in [6, 6.07) is 2.49. The predicted octanol–water partition coefficient (Wildman–Crippen LogP) is 7.71. The molecule has 1 aliphatic rings. The lowest BCUT2D eigenvalue weighted by Gasteiger charge is -2.46. The Morgan fingerprint density at radius 2 is 1.67 bits per heavy atom. The number of aliphatic imine (C=N–C) groups is 1. The van der Waals surface area contributed by atoms with Crippen molar-refractivity contribution in [3.8, 4) is 24.0 Å². The smallest absolute Gasteiger partial charge is 0.131 e. The molecule has 1 aromatic carbocycles. The SMILES string of the molecule is C#C.CC(C)=NC(/C=C(\C)c1cc(F)c(-c2cn[nH]c2)cc1F)=C(/C)CC1CC(C)(C)NC(C)(C)C1. The highest BCUT2D eigenvalue weighted by molar-refractivity contribution is 5.81. The molecule has 0 radical (unpaired) electrons. The van der Waals surface area contributed by atoms with Gasteiger partial charge in [-0.3, -0.25) is 10.1 Å². The maximum Gasteiger partial charge on any atom is 0.131 e. The Kier molecular flexibility index (Phi) is 9.57. The van der Waals surface area contributed by atoms with Gasteiger partial charge >= 0.3 is 0 Å². The van der Waals surface area contributed by atoms with E-state index in [1.807, 2.05) is 19.9 Å². The summed E-state index contributed by atoms with van der Waals surface area (Å²) in [7, 11) is 0. The number of terminal acetylenes is 1. The molecule has 0 atom stereocenters. The maximum atomic E-state index is 15.0. The van der Waals surface area contributed by atoms with Crippen molar-refractivity contribution in [2.24, 2.45) is 10.9 Å². The van der Waals surface area contributed by atoms with Gasteiger partial charge < -0.3 is 5.32 Å². The molecule has 1 aliphatic heterocycles. The fourth-order valence-corrected chi connectivity index (χ4v) is 5.46. The molecule has 1 fully saturated rings. The number of nitrogens with zero attached hydrogens (tertiary/aromatic N) is 2. The number of aromatic amines is 1. The summed E-state index contributed by atoms with van der Waals surface area (Å²) in [5.74, 6) is -0.435. The summed E-state index contributed by atoms with van der Waals surface area (Å²) in [4.78, 5) is 4.77. The fraction of sp³-hybridized carbons (Fsp3) is 0.467. The van der Waals surface area contributed by atoms with E-state index < -0.39 is 11.6 Å². The van der Waals surface area contributed by atoms with Gasteiger partial charge in [-0.25, -0.2) is 8.78 Å². The fourth-order valence-electron chi connectivity index (χ4n) is 5.46. The van der Waals surface area contributed by atoms with E-state index in [9.17, 15) is 4.39 Å². The number of aromatic nitrogens is 2. The second-order valence-corrected chi connectivity index (χ2v) is 11.2. The Morgan fingerprint density at radius 1 is 1.06 bits per heavy atom. The summed E-state index contributed by atoms with van der Waals surface area (Å²) >= 11 is 0. The van der Waals surface area contributed by atoms with Crippen LogP contribution in [0.25, 0.3) is 16.7 Å².